The number of piperidine rings is 1. The van der Waals surface area contributed by atoms with E-state index in [0.29, 0.717) is 12.6 Å². The standard InChI is InChI=1S/C14H22FN3/c1-12(11-18-7-3-2-4-8-18)16-10-14-6-5-13(15)9-17-14/h5-6,9,12,16H,2-4,7-8,10-11H2,1H3. The van der Waals surface area contributed by atoms with Crippen LogP contribution in [0.2, 0.25) is 0 Å². The molecule has 2 rings (SSSR count). The number of pyridine rings is 1. The monoisotopic (exact) mass is 251 g/mol. The summed E-state index contributed by atoms with van der Waals surface area (Å²) in [6.45, 7) is 6.43. The van der Waals surface area contributed by atoms with E-state index in [-0.39, 0.29) is 5.82 Å². The molecule has 0 saturated carbocycles. The molecule has 1 aromatic rings. The molecule has 1 atom stereocenters. The van der Waals surface area contributed by atoms with Gasteiger partial charge in [0.05, 0.1) is 11.9 Å². The number of likely N-dealkylation sites (tertiary alicyclic amines) is 1. The van der Waals surface area contributed by atoms with Gasteiger partial charge in [0.15, 0.2) is 0 Å². The summed E-state index contributed by atoms with van der Waals surface area (Å²) in [4.78, 5) is 6.56. The molecule has 4 heteroatoms. The van der Waals surface area contributed by atoms with Gasteiger partial charge in [-0.3, -0.25) is 4.98 Å². The maximum absolute atomic E-state index is 12.7. The molecule has 0 aromatic carbocycles. The van der Waals surface area contributed by atoms with Crippen LogP contribution in [-0.2, 0) is 6.54 Å². The van der Waals surface area contributed by atoms with Crippen LogP contribution in [0.25, 0.3) is 0 Å². The zero-order valence-electron chi connectivity index (χ0n) is 11.0. The van der Waals surface area contributed by atoms with Gasteiger partial charge in [-0.25, -0.2) is 4.39 Å². The van der Waals surface area contributed by atoms with Crippen molar-refractivity contribution in [2.24, 2.45) is 0 Å². The molecule has 1 aromatic heterocycles. The van der Waals surface area contributed by atoms with Crippen molar-refractivity contribution >= 4 is 0 Å². The predicted molar refractivity (Wildman–Crippen MR) is 70.8 cm³/mol. The van der Waals surface area contributed by atoms with Gasteiger partial charge in [-0.2, -0.15) is 0 Å². The molecule has 1 fully saturated rings. The average Bonchev–Trinajstić information content (AvgIpc) is 2.39. The maximum atomic E-state index is 12.7. The van der Waals surface area contributed by atoms with Gasteiger partial charge < -0.3 is 10.2 Å². The van der Waals surface area contributed by atoms with Crippen LogP contribution in [-0.4, -0.2) is 35.6 Å². The molecular weight excluding hydrogens is 229 g/mol. The largest absolute Gasteiger partial charge is 0.307 e. The van der Waals surface area contributed by atoms with Crippen molar-refractivity contribution in [3.05, 3.63) is 29.8 Å². The summed E-state index contributed by atoms with van der Waals surface area (Å²) in [7, 11) is 0. The van der Waals surface area contributed by atoms with Crippen LogP contribution in [0.3, 0.4) is 0 Å². The molecule has 1 N–H and O–H groups in total. The van der Waals surface area contributed by atoms with E-state index in [2.05, 4.69) is 22.1 Å². The van der Waals surface area contributed by atoms with E-state index in [0.717, 1.165) is 12.2 Å². The lowest BCUT2D eigenvalue weighted by molar-refractivity contribution is 0.208. The van der Waals surface area contributed by atoms with E-state index in [1.54, 1.807) is 6.07 Å². The van der Waals surface area contributed by atoms with Crippen molar-refractivity contribution in [1.29, 1.82) is 0 Å². The van der Waals surface area contributed by atoms with Crippen LogP contribution >= 0.6 is 0 Å². The summed E-state index contributed by atoms with van der Waals surface area (Å²) in [6.07, 6.45) is 5.29. The lowest BCUT2D eigenvalue weighted by Crippen LogP contribution is -2.41. The van der Waals surface area contributed by atoms with Gasteiger partial charge in [-0.1, -0.05) is 6.42 Å². The van der Waals surface area contributed by atoms with Gasteiger partial charge in [-0.15, -0.1) is 0 Å². The normalized spacial score (nSPS) is 18.8. The van der Waals surface area contributed by atoms with Crippen molar-refractivity contribution in [3.63, 3.8) is 0 Å². The fraction of sp³-hybridized carbons (Fsp3) is 0.643. The SMILES string of the molecule is CC(CN1CCCCC1)NCc1ccc(F)cn1. The molecule has 100 valence electrons. The quantitative estimate of drug-likeness (QED) is 0.869. The number of halogens is 1. The molecule has 3 nitrogen and oxygen atoms in total. The van der Waals surface area contributed by atoms with Gasteiger partial charge in [0, 0.05) is 19.1 Å². The molecule has 0 spiro atoms. The Bertz CT molecular complexity index is 347. The second-order valence-electron chi connectivity index (χ2n) is 5.11. The topological polar surface area (TPSA) is 28.2 Å². The summed E-state index contributed by atoms with van der Waals surface area (Å²) in [5.41, 5.74) is 0.891. The molecule has 18 heavy (non-hydrogen) atoms. The van der Waals surface area contributed by atoms with Crippen molar-refractivity contribution < 1.29 is 4.39 Å². The number of nitrogens with zero attached hydrogens (tertiary/aromatic N) is 2. The second kappa shape index (κ2) is 6.81. The van der Waals surface area contributed by atoms with E-state index in [1.165, 1.54) is 44.6 Å². The molecule has 1 unspecified atom stereocenters. The van der Waals surface area contributed by atoms with E-state index in [1.807, 2.05) is 0 Å². The third-order valence-electron chi connectivity index (χ3n) is 3.40. The van der Waals surface area contributed by atoms with Crippen LogP contribution in [0.15, 0.2) is 18.3 Å². The lowest BCUT2D eigenvalue weighted by Gasteiger charge is -2.29. The molecule has 2 heterocycles. The second-order valence-corrected chi connectivity index (χ2v) is 5.11. The number of hydrogen-bond acceptors (Lipinski definition) is 3. The average molecular weight is 251 g/mol. The van der Waals surface area contributed by atoms with Crippen LogP contribution in [0.4, 0.5) is 4.39 Å². The molecule has 0 amide bonds. The zero-order chi connectivity index (χ0) is 12.8. The highest BCUT2D eigenvalue weighted by Crippen LogP contribution is 2.09. The van der Waals surface area contributed by atoms with Gasteiger partial charge in [0.2, 0.25) is 0 Å². The van der Waals surface area contributed by atoms with Crippen LogP contribution < -0.4 is 5.32 Å². The third kappa shape index (κ3) is 4.35. The first-order valence-electron chi connectivity index (χ1n) is 6.80. The van der Waals surface area contributed by atoms with Crippen molar-refractivity contribution in [2.45, 2.75) is 38.8 Å². The number of rotatable bonds is 5. The van der Waals surface area contributed by atoms with Gasteiger partial charge in [0.25, 0.3) is 0 Å². The summed E-state index contributed by atoms with van der Waals surface area (Å²) in [6, 6.07) is 3.63. The molecule has 1 aliphatic rings. The highest BCUT2D eigenvalue weighted by atomic mass is 19.1. The first-order valence-corrected chi connectivity index (χ1v) is 6.80. The Morgan fingerprint density at radius 1 is 1.33 bits per heavy atom. The fourth-order valence-electron chi connectivity index (χ4n) is 2.38. The van der Waals surface area contributed by atoms with E-state index < -0.39 is 0 Å². The molecular formula is C14H22FN3. The number of aromatic nitrogens is 1. The zero-order valence-corrected chi connectivity index (χ0v) is 11.0. The Labute approximate surface area is 108 Å². The van der Waals surface area contributed by atoms with Crippen LogP contribution in [0, 0.1) is 5.82 Å². The third-order valence-corrected chi connectivity index (χ3v) is 3.40. The summed E-state index contributed by atoms with van der Waals surface area (Å²) in [5, 5.41) is 3.44. The summed E-state index contributed by atoms with van der Waals surface area (Å²) >= 11 is 0. The highest BCUT2D eigenvalue weighted by Gasteiger charge is 2.12. The molecule has 1 aliphatic heterocycles. The summed E-state index contributed by atoms with van der Waals surface area (Å²) in [5.74, 6) is -0.278. The maximum Gasteiger partial charge on any atom is 0.141 e. The Kier molecular flexibility index (Phi) is 5.08. The van der Waals surface area contributed by atoms with E-state index >= 15 is 0 Å². The Morgan fingerprint density at radius 2 is 2.11 bits per heavy atom. The molecule has 0 bridgehead atoms. The molecule has 1 saturated heterocycles. The number of nitrogens with one attached hydrogen (secondary N) is 1. The predicted octanol–water partition coefficient (Wildman–Crippen LogP) is 2.18. The van der Waals surface area contributed by atoms with Crippen molar-refractivity contribution in [2.75, 3.05) is 19.6 Å². The Hall–Kier alpha value is -1.00. The molecule has 0 aliphatic carbocycles. The van der Waals surface area contributed by atoms with E-state index in [4.69, 9.17) is 0 Å². The lowest BCUT2D eigenvalue weighted by atomic mass is 10.1. The Morgan fingerprint density at radius 3 is 2.78 bits per heavy atom. The van der Waals surface area contributed by atoms with Crippen LogP contribution in [0.1, 0.15) is 31.9 Å². The Balaban J connectivity index is 1.70. The number of hydrogen-bond donors (Lipinski definition) is 1. The minimum Gasteiger partial charge on any atom is -0.307 e. The highest BCUT2D eigenvalue weighted by molar-refractivity contribution is 5.04. The van der Waals surface area contributed by atoms with Gasteiger partial charge in [-0.05, 0) is 45.0 Å². The van der Waals surface area contributed by atoms with Gasteiger partial charge >= 0.3 is 0 Å². The smallest absolute Gasteiger partial charge is 0.141 e. The first-order chi connectivity index (χ1) is 8.74. The van der Waals surface area contributed by atoms with Crippen molar-refractivity contribution in [1.82, 2.24) is 15.2 Å². The van der Waals surface area contributed by atoms with Gasteiger partial charge in [0.1, 0.15) is 5.82 Å². The van der Waals surface area contributed by atoms with Crippen molar-refractivity contribution in [3.8, 4) is 0 Å². The van der Waals surface area contributed by atoms with Crippen LogP contribution in [0.5, 0.6) is 0 Å². The molecule has 0 radical (unpaired) electrons. The van der Waals surface area contributed by atoms with E-state index in [9.17, 15) is 4.39 Å². The minimum atomic E-state index is -0.278. The summed E-state index contributed by atoms with van der Waals surface area (Å²) < 4.78 is 12.7. The first kappa shape index (κ1) is 13.4. The minimum absolute atomic E-state index is 0.278. The fourth-order valence-corrected chi connectivity index (χ4v) is 2.38.